The molecule has 1 atom stereocenters. The Balaban J connectivity index is 1.84. The van der Waals surface area contributed by atoms with Crippen molar-refractivity contribution in [2.45, 2.75) is 38.5 Å². The first kappa shape index (κ1) is 19.2. The van der Waals surface area contributed by atoms with Gasteiger partial charge in [0.1, 0.15) is 0 Å². The Morgan fingerprint density at radius 3 is 2.64 bits per heavy atom. The Hall–Kier alpha value is -2.12. The van der Waals surface area contributed by atoms with Crippen LogP contribution in [-0.4, -0.2) is 83.3 Å². The molecular formula is C17H27N3O5. The van der Waals surface area contributed by atoms with Gasteiger partial charge in [0.15, 0.2) is 0 Å². The van der Waals surface area contributed by atoms with Crippen LogP contribution in [0.5, 0.6) is 0 Å². The number of amides is 3. The molecule has 0 aromatic carbocycles. The third kappa shape index (κ3) is 5.44. The standard InChI is InChI=1S/C17H27N3O5/c1-18(15(22)12-20-8-4-2-3-7-14(20)21)11-16(23)19-9-5-6-13(10-19)17(24)25/h13H,2-12H2,1H3,(H,24,25). The summed E-state index contributed by atoms with van der Waals surface area (Å²) in [7, 11) is 1.54. The van der Waals surface area contributed by atoms with Crippen LogP contribution < -0.4 is 0 Å². The lowest BCUT2D eigenvalue weighted by atomic mass is 9.98. The molecule has 0 aromatic heterocycles. The topological polar surface area (TPSA) is 98.2 Å². The van der Waals surface area contributed by atoms with Crippen molar-refractivity contribution >= 4 is 23.7 Å². The van der Waals surface area contributed by atoms with Crippen LogP contribution in [0.15, 0.2) is 0 Å². The molecule has 2 aliphatic rings. The van der Waals surface area contributed by atoms with Gasteiger partial charge in [-0.3, -0.25) is 19.2 Å². The number of likely N-dealkylation sites (tertiary alicyclic amines) is 2. The fourth-order valence-corrected chi connectivity index (χ4v) is 3.29. The molecule has 0 bridgehead atoms. The fraction of sp³-hybridized carbons (Fsp3) is 0.765. The van der Waals surface area contributed by atoms with Gasteiger partial charge in [-0.15, -0.1) is 0 Å². The summed E-state index contributed by atoms with van der Waals surface area (Å²) in [6.45, 7) is 1.21. The maximum atomic E-state index is 12.4. The summed E-state index contributed by atoms with van der Waals surface area (Å²) in [5.74, 6) is -1.94. The predicted molar refractivity (Wildman–Crippen MR) is 89.6 cm³/mol. The molecule has 8 heteroatoms. The van der Waals surface area contributed by atoms with Crippen LogP contribution in [0.1, 0.15) is 38.5 Å². The van der Waals surface area contributed by atoms with E-state index < -0.39 is 11.9 Å². The summed E-state index contributed by atoms with van der Waals surface area (Å²) in [6, 6.07) is 0. The highest BCUT2D eigenvalue weighted by Crippen LogP contribution is 2.17. The van der Waals surface area contributed by atoms with Gasteiger partial charge in [0.05, 0.1) is 19.0 Å². The van der Waals surface area contributed by atoms with Crippen molar-refractivity contribution in [3.05, 3.63) is 0 Å². The van der Waals surface area contributed by atoms with Crippen LogP contribution in [0.4, 0.5) is 0 Å². The van der Waals surface area contributed by atoms with Gasteiger partial charge in [-0.2, -0.15) is 0 Å². The van der Waals surface area contributed by atoms with E-state index in [1.165, 1.54) is 9.80 Å². The second-order valence-corrected chi connectivity index (χ2v) is 6.89. The van der Waals surface area contributed by atoms with Crippen molar-refractivity contribution in [3.8, 4) is 0 Å². The van der Waals surface area contributed by atoms with Crippen molar-refractivity contribution in [1.29, 1.82) is 0 Å². The van der Waals surface area contributed by atoms with Crippen molar-refractivity contribution < 1.29 is 24.3 Å². The molecule has 1 unspecified atom stereocenters. The lowest BCUT2D eigenvalue weighted by Crippen LogP contribution is -2.48. The van der Waals surface area contributed by atoms with Crippen LogP contribution >= 0.6 is 0 Å². The molecular weight excluding hydrogens is 326 g/mol. The maximum absolute atomic E-state index is 12.4. The second kappa shape index (κ2) is 8.82. The van der Waals surface area contributed by atoms with Gasteiger partial charge in [-0.25, -0.2) is 0 Å². The molecule has 140 valence electrons. The number of nitrogens with zero attached hydrogens (tertiary/aromatic N) is 3. The molecule has 0 aliphatic carbocycles. The van der Waals surface area contributed by atoms with E-state index >= 15 is 0 Å². The van der Waals surface area contributed by atoms with Crippen LogP contribution in [0, 0.1) is 5.92 Å². The molecule has 0 saturated carbocycles. The summed E-state index contributed by atoms with van der Waals surface area (Å²) >= 11 is 0. The lowest BCUT2D eigenvalue weighted by molar-refractivity contribution is -0.147. The molecule has 2 fully saturated rings. The molecule has 2 heterocycles. The molecule has 3 amide bonds. The lowest BCUT2D eigenvalue weighted by Gasteiger charge is -2.32. The first-order valence-electron chi connectivity index (χ1n) is 8.91. The summed E-state index contributed by atoms with van der Waals surface area (Å²) in [5.41, 5.74) is 0. The van der Waals surface area contributed by atoms with E-state index in [0.717, 1.165) is 19.3 Å². The first-order valence-corrected chi connectivity index (χ1v) is 8.91. The number of aliphatic carboxylic acids is 1. The van der Waals surface area contributed by atoms with E-state index in [9.17, 15) is 19.2 Å². The summed E-state index contributed by atoms with van der Waals surface area (Å²) in [6.07, 6.45) is 4.45. The van der Waals surface area contributed by atoms with Crippen molar-refractivity contribution in [2.75, 3.05) is 39.8 Å². The largest absolute Gasteiger partial charge is 0.481 e. The highest BCUT2D eigenvalue weighted by atomic mass is 16.4. The van der Waals surface area contributed by atoms with Gasteiger partial charge in [0.2, 0.25) is 17.7 Å². The number of hydrogen-bond acceptors (Lipinski definition) is 4. The molecule has 0 aromatic rings. The molecule has 2 aliphatic heterocycles. The number of carbonyl (C=O) groups is 4. The average Bonchev–Trinajstić information content (AvgIpc) is 2.79. The monoisotopic (exact) mass is 353 g/mol. The SMILES string of the molecule is CN(CC(=O)N1CCCC(C(=O)O)C1)C(=O)CN1CCCCCC1=O. The molecule has 0 spiro atoms. The zero-order valence-corrected chi connectivity index (χ0v) is 14.8. The zero-order chi connectivity index (χ0) is 18.4. The van der Waals surface area contributed by atoms with Gasteiger partial charge in [0.25, 0.3) is 0 Å². The van der Waals surface area contributed by atoms with Crippen molar-refractivity contribution in [3.63, 3.8) is 0 Å². The molecule has 1 N–H and O–H groups in total. The Labute approximate surface area is 147 Å². The second-order valence-electron chi connectivity index (χ2n) is 6.89. The minimum atomic E-state index is -0.887. The highest BCUT2D eigenvalue weighted by Gasteiger charge is 2.29. The smallest absolute Gasteiger partial charge is 0.308 e. The van der Waals surface area contributed by atoms with Gasteiger partial charge in [-0.05, 0) is 25.7 Å². The number of likely N-dealkylation sites (N-methyl/N-ethyl adjacent to an activating group) is 1. The Bertz CT molecular complexity index is 536. The van der Waals surface area contributed by atoms with Gasteiger partial charge in [-0.1, -0.05) is 6.42 Å². The molecule has 0 radical (unpaired) electrons. The van der Waals surface area contributed by atoms with E-state index in [1.807, 2.05) is 0 Å². The molecule has 2 rings (SSSR count). The van der Waals surface area contributed by atoms with E-state index in [2.05, 4.69) is 0 Å². The summed E-state index contributed by atoms with van der Waals surface area (Å²) in [5, 5.41) is 9.10. The van der Waals surface area contributed by atoms with Crippen LogP contribution in [0.25, 0.3) is 0 Å². The zero-order valence-electron chi connectivity index (χ0n) is 14.8. The Morgan fingerprint density at radius 2 is 1.92 bits per heavy atom. The molecule has 2 saturated heterocycles. The van der Waals surface area contributed by atoms with Gasteiger partial charge >= 0.3 is 5.97 Å². The quantitative estimate of drug-likeness (QED) is 0.760. The van der Waals surface area contributed by atoms with Crippen molar-refractivity contribution in [1.82, 2.24) is 14.7 Å². The average molecular weight is 353 g/mol. The highest BCUT2D eigenvalue weighted by molar-refractivity contribution is 5.88. The first-order chi connectivity index (χ1) is 11.9. The van der Waals surface area contributed by atoms with Crippen LogP contribution in [-0.2, 0) is 19.2 Å². The minimum Gasteiger partial charge on any atom is -0.481 e. The minimum absolute atomic E-state index is 0.000361. The summed E-state index contributed by atoms with van der Waals surface area (Å²) in [4.78, 5) is 52.1. The fourth-order valence-electron chi connectivity index (χ4n) is 3.29. The maximum Gasteiger partial charge on any atom is 0.308 e. The number of carboxylic acids is 1. The number of carboxylic acid groups (broad SMARTS) is 1. The number of hydrogen-bond donors (Lipinski definition) is 1. The number of carbonyl (C=O) groups excluding carboxylic acids is 3. The normalized spacial score (nSPS) is 21.6. The summed E-state index contributed by atoms with van der Waals surface area (Å²) < 4.78 is 0. The van der Waals surface area contributed by atoms with E-state index in [1.54, 1.807) is 11.9 Å². The predicted octanol–water partition coefficient (Wildman–Crippen LogP) is 0.171. The molecule has 8 nitrogen and oxygen atoms in total. The van der Waals surface area contributed by atoms with Gasteiger partial charge < -0.3 is 19.8 Å². The number of piperidine rings is 1. The van der Waals surface area contributed by atoms with Crippen molar-refractivity contribution in [2.24, 2.45) is 5.92 Å². The van der Waals surface area contributed by atoms with Gasteiger partial charge in [0, 0.05) is 33.1 Å². The molecule has 25 heavy (non-hydrogen) atoms. The third-order valence-electron chi connectivity index (χ3n) is 4.92. The van der Waals surface area contributed by atoms with E-state index in [-0.39, 0.29) is 37.4 Å². The number of rotatable bonds is 5. The van der Waals surface area contributed by atoms with Crippen LogP contribution in [0.2, 0.25) is 0 Å². The van der Waals surface area contributed by atoms with Crippen LogP contribution in [0.3, 0.4) is 0 Å². The van der Waals surface area contributed by atoms with E-state index in [4.69, 9.17) is 5.11 Å². The Kier molecular flexibility index (Phi) is 6.78. The Morgan fingerprint density at radius 1 is 1.16 bits per heavy atom. The third-order valence-corrected chi connectivity index (χ3v) is 4.92. The van der Waals surface area contributed by atoms with E-state index in [0.29, 0.717) is 32.4 Å².